The molecule has 3 heteroatoms. The Hall–Kier alpha value is -1.22. The highest BCUT2D eigenvalue weighted by atomic mass is 16.5. The second-order valence-electron chi connectivity index (χ2n) is 4.52. The molecule has 0 amide bonds. The largest absolute Gasteiger partial charge is 0.369 e. The lowest BCUT2D eigenvalue weighted by Crippen LogP contribution is -2.65. The summed E-state index contributed by atoms with van der Waals surface area (Å²) in [5.41, 5.74) is -0.0900. The van der Waals surface area contributed by atoms with Gasteiger partial charge in [-0.1, -0.05) is 12.2 Å². The van der Waals surface area contributed by atoms with E-state index in [1.165, 1.54) is 7.11 Å². The van der Waals surface area contributed by atoms with E-state index in [1.807, 2.05) is 19.1 Å². The summed E-state index contributed by atoms with van der Waals surface area (Å²) in [5.74, 6) is 0.0133. The number of carbonyl (C=O) groups is 2. The van der Waals surface area contributed by atoms with Crippen molar-refractivity contribution in [1.29, 1.82) is 0 Å². The molecule has 0 aromatic carbocycles. The van der Waals surface area contributed by atoms with Crippen LogP contribution >= 0.6 is 0 Å². The Morgan fingerprint density at radius 1 is 1.40 bits per heavy atom. The van der Waals surface area contributed by atoms with Crippen LogP contribution in [-0.4, -0.2) is 24.3 Å². The van der Waals surface area contributed by atoms with Gasteiger partial charge >= 0.3 is 0 Å². The van der Waals surface area contributed by atoms with Crippen molar-refractivity contribution in [2.75, 3.05) is 7.11 Å². The van der Waals surface area contributed by atoms with Crippen molar-refractivity contribution < 1.29 is 14.3 Å². The van der Waals surface area contributed by atoms with Gasteiger partial charge in [0.25, 0.3) is 0 Å². The Labute approximate surface area is 87.8 Å². The fourth-order valence-electron chi connectivity index (χ4n) is 3.33. The molecule has 0 bridgehead atoms. The maximum Gasteiger partial charge on any atom is 0.188 e. The summed E-state index contributed by atoms with van der Waals surface area (Å²) in [4.78, 5) is 23.7. The van der Waals surface area contributed by atoms with Gasteiger partial charge in [-0.05, 0) is 18.6 Å². The first-order valence-electron chi connectivity index (χ1n) is 5.13. The van der Waals surface area contributed by atoms with Crippen LogP contribution in [0.25, 0.3) is 0 Å². The van der Waals surface area contributed by atoms with Gasteiger partial charge in [-0.25, -0.2) is 0 Å². The van der Waals surface area contributed by atoms with Crippen LogP contribution in [0.3, 0.4) is 0 Å². The van der Waals surface area contributed by atoms with Gasteiger partial charge in [-0.3, -0.25) is 9.59 Å². The van der Waals surface area contributed by atoms with Gasteiger partial charge < -0.3 is 4.74 Å². The van der Waals surface area contributed by atoms with Crippen molar-refractivity contribution in [2.24, 2.45) is 17.8 Å². The van der Waals surface area contributed by atoms with Crippen molar-refractivity contribution in [3.63, 3.8) is 0 Å². The van der Waals surface area contributed by atoms with Crippen LogP contribution in [0.2, 0.25) is 0 Å². The standard InChI is InChI=1S/C12H12O3/c1-6-5-7-8-3-4-9(13)12(8,15-2)10(7)11(6)14/h3-5,7-8,10H,1-2H3/t7-,8+,10+,12+/m0/s1. The molecule has 0 N–H and O–H groups in total. The minimum Gasteiger partial charge on any atom is -0.369 e. The summed E-state index contributed by atoms with van der Waals surface area (Å²) in [5, 5.41) is 0. The van der Waals surface area contributed by atoms with Crippen LogP contribution in [0.15, 0.2) is 23.8 Å². The summed E-state index contributed by atoms with van der Waals surface area (Å²) in [7, 11) is 1.52. The fourth-order valence-corrected chi connectivity index (χ4v) is 3.33. The van der Waals surface area contributed by atoms with E-state index in [4.69, 9.17) is 4.74 Å². The lowest BCUT2D eigenvalue weighted by atomic mass is 9.55. The molecule has 0 spiro atoms. The molecule has 0 heterocycles. The van der Waals surface area contributed by atoms with Gasteiger partial charge in [0, 0.05) is 18.9 Å². The van der Waals surface area contributed by atoms with Crippen LogP contribution in [0.4, 0.5) is 0 Å². The van der Waals surface area contributed by atoms with Crippen LogP contribution < -0.4 is 0 Å². The van der Waals surface area contributed by atoms with Crippen LogP contribution in [0.5, 0.6) is 0 Å². The summed E-state index contributed by atoms with van der Waals surface area (Å²) in [6, 6.07) is 0. The van der Waals surface area contributed by atoms with Crippen LogP contribution in [0, 0.1) is 17.8 Å². The highest BCUT2D eigenvalue weighted by Gasteiger charge is 2.70. The zero-order valence-corrected chi connectivity index (χ0v) is 8.69. The lowest BCUT2D eigenvalue weighted by Gasteiger charge is -2.51. The number of carbonyl (C=O) groups excluding carboxylic acids is 2. The van der Waals surface area contributed by atoms with Crippen molar-refractivity contribution >= 4 is 11.6 Å². The van der Waals surface area contributed by atoms with Gasteiger partial charge in [0.15, 0.2) is 11.6 Å². The third-order valence-electron chi connectivity index (χ3n) is 4.05. The normalized spacial score (nSPS) is 46.3. The maximum absolute atomic E-state index is 11.9. The quantitative estimate of drug-likeness (QED) is 0.637. The highest BCUT2D eigenvalue weighted by molar-refractivity contribution is 6.11. The SMILES string of the molecule is CO[C@@]12C(=O)C=C[C@@H]1[C@@H]1C=C(C)C(=O)[C@@H]12. The molecule has 0 aromatic heterocycles. The predicted molar refractivity (Wildman–Crippen MR) is 53.1 cm³/mol. The molecule has 15 heavy (non-hydrogen) atoms. The predicted octanol–water partition coefficient (Wildman–Crippen LogP) is 0.902. The van der Waals surface area contributed by atoms with Crippen molar-refractivity contribution in [2.45, 2.75) is 12.5 Å². The molecule has 78 valence electrons. The molecule has 0 aliphatic heterocycles. The first-order valence-corrected chi connectivity index (χ1v) is 5.13. The first kappa shape index (κ1) is 9.04. The van der Waals surface area contributed by atoms with Crippen molar-refractivity contribution in [3.05, 3.63) is 23.8 Å². The number of ketones is 2. The number of rotatable bonds is 1. The molecular formula is C12H12O3. The molecule has 0 aromatic rings. The second-order valence-corrected chi connectivity index (χ2v) is 4.52. The molecule has 3 rings (SSSR count). The topological polar surface area (TPSA) is 43.4 Å². The fraction of sp³-hybridized carbons (Fsp3) is 0.500. The molecule has 1 fully saturated rings. The molecule has 0 unspecified atom stereocenters. The summed E-state index contributed by atoms with van der Waals surface area (Å²) in [6.45, 7) is 1.81. The molecule has 3 aliphatic carbocycles. The van der Waals surface area contributed by atoms with E-state index in [0.717, 1.165) is 5.57 Å². The van der Waals surface area contributed by atoms with E-state index in [0.29, 0.717) is 0 Å². The van der Waals surface area contributed by atoms with E-state index in [2.05, 4.69) is 0 Å². The summed E-state index contributed by atoms with van der Waals surface area (Å²) >= 11 is 0. The maximum atomic E-state index is 11.9. The molecule has 1 saturated carbocycles. The zero-order valence-electron chi connectivity index (χ0n) is 8.69. The number of ether oxygens (including phenoxy) is 1. The average molecular weight is 204 g/mol. The first-order chi connectivity index (χ1) is 7.13. The van der Waals surface area contributed by atoms with E-state index in [1.54, 1.807) is 6.08 Å². The van der Waals surface area contributed by atoms with E-state index in [9.17, 15) is 9.59 Å². The third kappa shape index (κ3) is 0.741. The minimum absolute atomic E-state index is 0.0484. The van der Waals surface area contributed by atoms with Crippen LogP contribution in [0.1, 0.15) is 6.92 Å². The van der Waals surface area contributed by atoms with Crippen LogP contribution in [-0.2, 0) is 14.3 Å². The number of fused-ring (bicyclic) bond motifs is 4. The van der Waals surface area contributed by atoms with Gasteiger partial charge in [0.05, 0.1) is 5.92 Å². The second kappa shape index (κ2) is 2.47. The van der Waals surface area contributed by atoms with Gasteiger partial charge in [-0.15, -0.1) is 0 Å². The van der Waals surface area contributed by atoms with Gasteiger partial charge in [-0.2, -0.15) is 0 Å². The Morgan fingerprint density at radius 3 is 2.80 bits per heavy atom. The number of allylic oxidation sites excluding steroid dienone is 2. The zero-order chi connectivity index (χ0) is 10.8. The average Bonchev–Trinajstić information content (AvgIpc) is 2.60. The molecule has 4 atom stereocenters. The third-order valence-corrected chi connectivity index (χ3v) is 4.05. The lowest BCUT2D eigenvalue weighted by molar-refractivity contribution is -0.184. The van der Waals surface area contributed by atoms with Crippen molar-refractivity contribution in [1.82, 2.24) is 0 Å². The molecular weight excluding hydrogens is 192 g/mol. The smallest absolute Gasteiger partial charge is 0.188 e. The van der Waals surface area contributed by atoms with Gasteiger partial charge in [0.2, 0.25) is 0 Å². The molecule has 3 aliphatic rings. The van der Waals surface area contributed by atoms with E-state index >= 15 is 0 Å². The highest BCUT2D eigenvalue weighted by Crippen LogP contribution is 2.60. The Morgan fingerprint density at radius 2 is 2.13 bits per heavy atom. The minimum atomic E-state index is -0.865. The number of hydrogen-bond acceptors (Lipinski definition) is 3. The summed E-state index contributed by atoms with van der Waals surface area (Å²) < 4.78 is 5.38. The molecule has 0 radical (unpaired) electrons. The van der Waals surface area contributed by atoms with Gasteiger partial charge in [0.1, 0.15) is 5.60 Å². The molecule has 3 nitrogen and oxygen atoms in total. The monoisotopic (exact) mass is 204 g/mol. The van der Waals surface area contributed by atoms with E-state index < -0.39 is 5.60 Å². The number of methoxy groups -OCH3 is 1. The Balaban J connectivity index is 2.08. The van der Waals surface area contributed by atoms with Crippen molar-refractivity contribution in [3.8, 4) is 0 Å². The number of hydrogen-bond donors (Lipinski definition) is 0. The Bertz CT molecular complexity index is 432. The number of Topliss-reactive ketones (excluding diaryl/α,β-unsaturated/α-hetero) is 1. The van der Waals surface area contributed by atoms with E-state index in [-0.39, 0.29) is 29.3 Å². The summed E-state index contributed by atoms with van der Waals surface area (Å²) in [6.07, 6.45) is 5.43. The Kier molecular flexibility index (Phi) is 1.49. The molecule has 0 saturated heterocycles.